The van der Waals surface area contributed by atoms with Crippen LogP contribution in [0.3, 0.4) is 0 Å². The summed E-state index contributed by atoms with van der Waals surface area (Å²) < 4.78 is 6.69. The number of nitrogens with one attached hydrogen (secondary N) is 2. The maximum Gasteiger partial charge on any atom is 0.340 e. The van der Waals surface area contributed by atoms with Gasteiger partial charge in [0.2, 0.25) is 0 Å². The second-order valence-electron chi connectivity index (χ2n) is 6.60. The van der Waals surface area contributed by atoms with Crippen LogP contribution in [0.15, 0.2) is 67.1 Å². The van der Waals surface area contributed by atoms with Crippen molar-refractivity contribution in [2.45, 2.75) is 6.92 Å². The Morgan fingerprint density at radius 1 is 1.03 bits per heavy atom. The van der Waals surface area contributed by atoms with Crippen LogP contribution in [0.4, 0.5) is 22.0 Å². The molecular formula is C22H20N6O3. The lowest BCUT2D eigenvalue weighted by Crippen LogP contribution is -2.19. The highest BCUT2D eigenvalue weighted by molar-refractivity contribution is 6.05. The highest BCUT2D eigenvalue weighted by atomic mass is 16.5. The number of hydrogen-bond donors (Lipinski definition) is 3. The molecule has 0 atom stereocenters. The Kier molecular flexibility index (Phi) is 5.48. The van der Waals surface area contributed by atoms with Crippen LogP contribution in [0, 0.1) is 0 Å². The number of rotatable bonds is 5. The molecule has 31 heavy (non-hydrogen) atoms. The fourth-order valence-corrected chi connectivity index (χ4v) is 3.23. The van der Waals surface area contributed by atoms with Gasteiger partial charge in [0.1, 0.15) is 11.8 Å². The summed E-state index contributed by atoms with van der Waals surface area (Å²) in [6.45, 7) is 1.98. The van der Waals surface area contributed by atoms with E-state index in [9.17, 15) is 9.59 Å². The summed E-state index contributed by atoms with van der Waals surface area (Å²) in [5, 5.41) is 9.67. The van der Waals surface area contributed by atoms with Crippen LogP contribution >= 0.6 is 0 Å². The predicted octanol–water partition coefficient (Wildman–Crippen LogP) is 3.80. The molecule has 4 N–H and O–H groups in total. The first kappa shape index (κ1) is 19.9. The maximum atomic E-state index is 12.5. The molecule has 2 amide bonds. The van der Waals surface area contributed by atoms with E-state index >= 15 is 0 Å². The summed E-state index contributed by atoms with van der Waals surface area (Å²) in [7, 11) is 0. The third-order valence-corrected chi connectivity index (χ3v) is 4.56. The summed E-state index contributed by atoms with van der Waals surface area (Å²) in [5.41, 5.74) is 9.45. The normalized spacial score (nSPS) is 10.6. The van der Waals surface area contributed by atoms with Crippen molar-refractivity contribution in [1.82, 2.24) is 14.6 Å². The largest absolute Gasteiger partial charge is 0.462 e. The van der Waals surface area contributed by atoms with Crippen LogP contribution in [-0.2, 0) is 4.74 Å². The van der Waals surface area contributed by atoms with Gasteiger partial charge in [-0.3, -0.25) is 0 Å². The Hall–Kier alpha value is -4.40. The van der Waals surface area contributed by atoms with E-state index in [4.69, 9.17) is 10.5 Å². The van der Waals surface area contributed by atoms with Crippen molar-refractivity contribution in [3.63, 3.8) is 0 Å². The third-order valence-electron chi connectivity index (χ3n) is 4.56. The number of carbonyl (C=O) groups excluding carboxylic acids is 2. The van der Waals surface area contributed by atoms with Gasteiger partial charge in [-0.25, -0.2) is 19.1 Å². The smallest absolute Gasteiger partial charge is 0.340 e. The topological polar surface area (TPSA) is 124 Å². The van der Waals surface area contributed by atoms with Crippen LogP contribution in [0.5, 0.6) is 0 Å². The molecule has 2 aromatic carbocycles. The number of urea groups is 1. The van der Waals surface area contributed by atoms with E-state index in [-0.39, 0.29) is 18.5 Å². The molecule has 2 heterocycles. The zero-order valence-electron chi connectivity index (χ0n) is 16.7. The van der Waals surface area contributed by atoms with Gasteiger partial charge in [0.05, 0.1) is 12.2 Å². The van der Waals surface area contributed by atoms with Gasteiger partial charge in [-0.1, -0.05) is 30.3 Å². The number of nitrogen functional groups attached to an aromatic ring is 1. The molecule has 9 heteroatoms. The van der Waals surface area contributed by atoms with E-state index in [0.717, 1.165) is 0 Å². The van der Waals surface area contributed by atoms with Crippen molar-refractivity contribution in [2.24, 2.45) is 0 Å². The average molecular weight is 416 g/mol. The second-order valence-corrected chi connectivity index (χ2v) is 6.60. The molecule has 0 aliphatic heterocycles. The standard InChI is InChI=1S/C22H20N6O3/c1-2-31-21(29)17-12-28-19(20(23)24-13-25-28)18(17)14-8-10-16(11-9-14)27-22(30)26-15-6-4-3-5-7-15/h3-13H,2H2,1H3,(H2,23,24,25)(H2,26,27,30). The molecule has 4 rings (SSSR count). The molecule has 0 bridgehead atoms. The lowest BCUT2D eigenvalue weighted by Gasteiger charge is -2.09. The minimum absolute atomic E-state index is 0.241. The highest BCUT2D eigenvalue weighted by Gasteiger charge is 2.22. The third kappa shape index (κ3) is 4.15. The number of anilines is 3. The second kappa shape index (κ2) is 8.54. The van der Waals surface area contributed by atoms with Gasteiger partial charge < -0.3 is 21.1 Å². The lowest BCUT2D eigenvalue weighted by molar-refractivity contribution is 0.0527. The summed E-state index contributed by atoms with van der Waals surface area (Å²) in [5.74, 6) is -0.239. The Morgan fingerprint density at radius 2 is 1.71 bits per heavy atom. The Labute approximate surface area is 177 Å². The van der Waals surface area contributed by atoms with Gasteiger partial charge in [0.15, 0.2) is 5.82 Å². The number of ether oxygens (including phenoxy) is 1. The number of nitrogens with two attached hydrogens (primary N) is 1. The monoisotopic (exact) mass is 416 g/mol. The molecular weight excluding hydrogens is 396 g/mol. The van der Waals surface area contributed by atoms with E-state index in [1.165, 1.54) is 10.8 Å². The Bertz CT molecular complexity index is 1240. The highest BCUT2D eigenvalue weighted by Crippen LogP contribution is 2.33. The molecule has 0 aliphatic carbocycles. The lowest BCUT2D eigenvalue weighted by atomic mass is 10.0. The fraction of sp³-hybridized carbons (Fsp3) is 0.0909. The molecule has 0 saturated carbocycles. The van der Waals surface area contributed by atoms with Crippen LogP contribution in [0.2, 0.25) is 0 Å². The first-order chi connectivity index (χ1) is 15.1. The quantitative estimate of drug-likeness (QED) is 0.425. The summed E-state index contributed by atoms with van der Waals surface area (Å²) in [4.78, 5) is 28.8. The van der Waals surface area contributed by atoms with Crippen LogP contribution < -0.4 is 16.4 Å². The minimum Gasteiger partial charge on any atom is -0.462 e. The van der Waals surface area contributed by atoms with Crippen molar-refractivity contribution in [3.05, 3.63) is 72.7 Å². The van der Waals surface area contributed by atoms with Gasteiger partial charge in [-0.2, -0.15) is 5.10 Å². The van der Waals surface area contributed by atoms with Crippen molar-refractivity contribution in [1.29, 1.82) is 0 Å². The van der Waals surface area contributed by atoms with Gasteiger partial charge in [0.25, 0.3) is 0 Å². The number of fused-ring (bicyclic) bond motifs is 1. The van der Waals surface area contributed by atoms with Gasteiger partial charge >= 0.3 is 12.0 Å². The van der Waals surface area contributed by atoms with E-state index in [0.29, 0.717) is 33.6 Å². The van der Waals surface area contributed by atoms with Gasteiger partial charge in [0, 0.05) is 23.1 Å². The minimum atomic E-state index is -0.480. The van der Waals surface area contributed by atoms with E-state index < -0.39 is 5.97 Å². The number of hydrogen-bond acceptors (Lipinski definition) is 6. The van der Waals surface area contributed by atoms with E-state index in [1.807, 2.05) is 18.2 Å². The van der Waals surface area contributed by atoms with E-state index in [2.05, 4.69) is 20.7 Å². The molecule has 0 saturated heterocycles. The first-order valence-corrected chi connectivity index (χ1v) is 9.59. The van der Waals surface area contributed by atoms with Crippen LogP contribution in [0.1, 0.15) is 17.3 Å². The molecule has 0 fully saturated rings. The number of aromatic nitrogens is 3. The molecule has 9 nitrogen and oxygen atoms in total. The molecule has 0 spiro atoms. The summed E-state index contributed by atoms with van der Waals surface area (Å²) in [6, 6.07) is 15.8. The maximum absolute atomic E-state index is 12.5. The number of carbonyl (C=O) groups is 2. The first-order valence-electron chi connectivity index (χ1n) is 9.59. The number of esters is 1. The average Bonchev–Trinajstić information content (AvgIpc) is 3.16. The zero-order chi connectivity index (χ0) is 21.8. The van der Waals surface area contributed by atoms with Crippen LogP contribution in [-0.4, -0.2) is 33.2 Å². The van der Waals surface area contributed by atoms with Crippen LogP contribution in [0.25, 0.3) is 16.6 Å². The Balaban J connectivity index is 1.63. The van der Waals surface area contributed by atoms with Gasteiger partial charge in [-0.15, -0.1) is 0 Å². The fourth-order valence-electron chi connectivity index (χ4n) is 3.23. The number of nitrogens with zero attached hydrogens (tertiary/aromatic N) is 3. The SMILES string of the molecule is CCOC(=O)c1cn2ncnc(N)c2c1-c1ccc(NC(=O)Nc2ccccc2)cc1. The number of para-hydroxylation sites is 1. The molecule has 0 aliphatic rings. The van der Waals surface area contributed by atoms with Crippen molar-refractivity contribution in [2.75, 3.05) is 23.0 Å². The molecule has 0 radical (unpaired) electrons. The van der Waals surface area contributed by atoms with Gasteiger partial charge in [-0.05, 0) is 36.8 Å². The van der Waals surface area contributed by atoms with Crippen molar-refractivity contribution < 1.29 is 14.3 Å². The Morgan fingerprint density at radius 3 is 2.39 bits per heavy atom. The van der Waals surface area contributed by atoms with E-state index in [1.54, 1.807) is 49.5 Å². The number of benzene rings is 2. The zero-order valence-corrected chi connectivity index (χ0v) is 16.7. The molecule has 4 aromatic rings. The molecule has 156 valence electrons. The number of amides is 2. The predicted molar refractivity (Wildman–Crippen MR) is 118 cm³/mol. The molecule has 0 unspecified atom stereocenters. The molecule has 2 aromatic heterocycles. The van der Waals surface area contributed by atoms with Crippen molar-refractivity contribution >= 4 is 34.7 Å². The summed E-state index contributed by atoms with van der Waals surface area (Å²) >= 11 is 0. The van der Waals surface area contributed by atoms with Crippen molar-refractivity contribution in [3.8, 4) is 11.1 Å². The summed E-state index contributed by atoms with van der Waals surface area (Å²) in [6.07, 6.45) is 2.89.